The third-order valence-corrected chi connectivity index (χ3v) is 4.76. The number of fused-ring (bicyclic) bond motifs is 2. The molecule has 0 atom stereocenters. The van der Waals surface area contributed by atoms with E-state index in [-0.39, 0.29) is 28.8 Å². The van der Waals surface area contributed by atoms with Gasteiger partial charge in [0, 0.05) is 12.1 Å². The highest BCUT2D eigenvalue weighted by molar-refractivity contribution is 6.42. The van der Waals surface area contributed by atoms with E-state index in [4.69, 9.17) is 32.4 Å². The number of halogens is 2. The van der Waals surface area contributed by atoms with Gasteiger partial charge in [-0.15, -0.1) is 0 Å². The molecule has 0 spiro atoms. The van der Waals surface area contributed by atoms with E-state index in [0.717, 1.165) is 5.56 Å². The zero-order valence-electron chi connectivity index (χ0n) is 13.3. The van der Waals surface area contributed by atoms with Gasteiger partial charge in [-0.3, -0.25) is 4.79 Å². The van der Waals surface area contributed by atoms with Gasteiger partial charge in [0.1, 0.15) is 34.7 Å². The molecule has 4 nitrogen and oxygen atoms in total. The molecule has 0 aliphatic carbocycles. The van der Waals surface area contributed by atoms with Gasteiger partial charge in [-0.05, 0) is 29.8 Å². The van der Waals surface area contributed by atoms with Gasteiger partial charge in [0.25, 0.3) is 0 Å². The van der Waals surface area contributed by atoms with Gasteiger partial charge in [-0.1, -0.05) is 41.4 Å². The fourth-order valence-electron chi connectivity index (χ4n) is 2.76. The molecule has 0 unspecified atom stereocenters. The molecule has 3 aromatic carbocycles. The van der Waals surface area contributed by atoms with Gasteiger partial charge >= 0.3 is 0 Å². The summed E-state index contributed by atoms with van der Waals surface area (Å²) in [5.74, 6) is 0.186. The van der Waals surface area contributed by atoms with Crippen LogP contribution in [0.25, 0.3) is 21.9 Å². The van der Waals surface area contributed by atoms with Crippen molar-refractivity contribution in [2.75, 3.05) is 0 Å². The molecule has 1 aromatic heterocycles. The molecular weight excluding hydrogens is 375 g/mol. The maximum atomic E-state index is 12.6. The molecule has 0 radical (unpaired) electrons. The average Bonchev–Trinajstić information content (AvgIpc) is 2.62. The molecular formula is C20H12Cl2O4. The van der Waals surface area contributed by atoms with Gasteiger partial charge in [0.15, 0.2) is 0 Å². The number of benzene rings is 3. The van der Waals surface area contributed by atoms with Crippen molar-refractivity contribution in [3.63, 3.8) is 0 Å². The minimum absolute atomic E-state index is 0.130. The Morgan fingerprint density at radius 3 is 2.58 bits per heavy atom. The van der Waals surface area contributed by atoms with Crippen molar-refractivity contribution >= 4 is 45.1 Å². The lowest BCUT2D eigenvalue weighted by atomic mass is 10.1. The van der Waals surface area contributed by atoms with Crippen molar-refractivity contribution in [2.45, 2.75) is 6.61 Å². The van der Waals surface area contributed by atoms with Crippen LogP contribution in [0.4, 0.5) is 0 Å². The number of aromatic hydroxyl groups is 1. The first-order valence-electron chi connectivity index (χ1n) is 7.78. The maximum Gasteiger partial charge on any atom is 0.204 e. The number of rotatable bonds is 3. The molecule has 1 N–H and O–H groups in total. The van der Waals surface area contributed by atoms with Gasteiger partial charge in [-0.2, -0.15) is 0 Å². The average molecular weight is 387 g/mol. The number of phenolic OH excluding ortho intramolecular Hbond substituents is 1. The molecule has 0 aliphatic heterocycles. The molecule has 26 heavy (non-hydrogen) atoms. The van der Waals surface area contributed by atoms with E-state index in [9.17, 15) is 9.90 Å². The minimum Gasteiger partial charge on any atom is -0.507 e. The third kappa shape index (κ3) is 2.98. The summed E-state index contributed by atoms with van der Waals surface area (Å²) in [6.45, 7) is 0.222. The van der Waals surface area contributed by atoms with Crippen molar-refractivity contribution < 1.29 is 14.3 Å². The molecule has 130 valence electrons. The highest BCUT2D eigenvalue weighted by Crippen LogP contribution is 2.31. The Morgan fingerprint density at radius 1 is 0.962 bits per heavy atom. The molecule has 0 saturated carbocycles. The molecule has 6 heteroatoms. The summed E-state index contributed by atoms with van der Waals surface area (Å²) >= 11 is 11.9. The van der Waals surface area contributed by atoms with Crippen LogP contribution < -0.4 is 10.2 Å². The third-order valence-electron chi connectivity index (χ3n) is 4.02. The van der Waals surface area contributed by atoms with Gasteiger partial charge in [0.2, 0.25) is 5.43 Å². The quantitative estimate of drug-likeness (QED) is 0.469. The van der Waals surface area contributed by atoms with Crippen LogP contribution >= 0.6 is 23.2 Å². The largest absolute Gasteiger partial charge is 0.507 e. The van der Waals surface area contributed by atoms with Crippen LogP contribution in [0.2, 0.25) is 10.0 Å². The topological polar surface area (TPSA) is 59.7 Å². The summed E-state index contributed by atoms with van der Waals surface area (Å²) in [5, 5.41) is 11.7. The minimum atomic E-state index is -0.282. The lowest BCUT2D eigenvalue weighted by molar-refractivity contribution is 0.304. The second-order valence-electron chi connectivity index (χ2n) is 5.78. The van der Waals surface area contributed by atoms with E-state index in [2.05, 4.69) is 0 Å². The van der Waals surface area contributed by atoms with E-state index in [1.165, 1.54) is 6.07 Å². The smallest absolute Gasteiger partial charge is 0.204 e. The van der Waals surface area contributed by atoms with Crippen molar-refractivity contribution in [3.05, 3.63) is 80.4 Å². The van der Waals surface area contributed by atoms with E-state index in [1.54, 1.807) is 48.5 Å². The summed E-state index contributed by atoms with van der Waals surface area (Å²) < 4.78 is 11.5. The molecule has 4 rings (SSSR count). The summed E-state index contributed by atoms with van der Waals surface area (Å²) in [6.07, 6.45) is 0. The van der Waals surface area contributed by atoms with Crippen molar-refractivity contribution in [3.8, 4) is 11.5 Å². The Balaban J connectivity index is 1.73. The lowest BCUT2D eigenvalue weighted by Crippen LogP contribution is -2.03. The molecule has 0 fully saturated rings. The molecule has 0 saturated heterocycles. The summed E-state index contributed by atoms with van der Waals surface area (Å²) in [4.78, 5) is 12.6. The normalized spacial score (nSPS) is 11.2. The zero-order valence-corrected chi connectivity index (χ0v) is 14.8. The number of para-hydroxylation sites is 1. The van der Waals surface area contributed by atoms with Crippen molar-refractivity contribution in [1.29, 1.82) is 0 Å². The number of hydrogen-bond donors (Lipinski definition) is 1. The predicted octanol–water partition coefficient (Wildman–Crippen LogP) is 5.54. The maximum absolute atomic E-state index is 12.6. The van der Waals surface area contributed by atoms with Crippen molar-refractivity contribution in [2.24, 2.45) is 0 Å². The number of ether oxygens (including phenoxy) is 1. The monoisotopic (exact) mass is 386 g/mol. The Hall–Kier alpha value is -2.69. The Labute approximate surface area is 158 Å². The fraction of sp³-hybridized carbons (Fsp3) is 0.0500. The molecule has 0 amide bonds. The van der Waals surface area contributed by atoms with Crippen LogP contribution in [0.15, 0.2) is 63.8 Å². The lowest BCUT2D eigenvalue weighted by Gasteiger charge is -2.09. The summed E-state index contributed by atoms with van der Waals surface area (Å²) in [6, 6.07) is 15.1. The van der Waals surface area contributed by atoms with Crippen LogP contribution in [-0.4, -0.2) is 5.11 Å². The fourth-order valence-corrected chi connectivity index (χ4v) is 3.08. The van der Waals surface area contributed by atoms with Gasteiger partial charge in [0.05, 0.1) is 15.4 Å². The van der Waals surface area contributed by atoms with Crippen molar-refractivity contribution in [1.82, 2.24) is 0 Å². The van der Waals surface area contributed by atoms with E-state index >= 15 is 0 Å². The SMILES string of the molecule is O=c1c2ccccc2oc2cc(OCc3ccc(Cl)c(Cl)c3)cc(O)c12. The Kier molecular flexibility index (Phi) is 4.23. The van der Waals surface area contributed by atoms with Crippen LogP contribution in [0.5, 0.6) is 11.5 Å². The first-order valence-corrected chi connectivity index (χ1v) is 8.54. The van der Waals surface area contributed by atoms with Crippen LogP contribution in [0.1, 0.15) is 5.56 Å². The standard InChI is InChI=1S/C20H12Cl2O4/c21-14-6-5-11(7-15(14)22)10-25-12-8-16(23)19-18(9-12)26-17-4-2-1-3-13(17)20(19)24/h1-9,23H,10H2. The number of phenols is 1. The highest BCUT2D eigenvalue weighted by atomic mass is 35.5. The number of hydrogen-bond acceptors (Lipinski definition) is 4. The van der Waals surface area contributed by atoms with Crippen LogP contribution in [0, 0.1) is 0 Å². The summed E-state index contributed by atoms with van der Waals surface area (Å²) in [5.41, 5.74) is 1.25. The molecule has 0 bridgehead atoms. The molecule has 0 aliphatic rings. The van der Waals surface area contributed by atoms with Gasteiger partial charge < -0.3 is 14.3 Å². The van der Waals surface area contributed by atoms with E-state index in [0.29, 0.717) is 26.8 Å². The first kappa shape index (κ1) is 16.8. The molecule has 4 aromatic rings. The summed E-state index contributed by atoms with van der Waals surface area (Å²) in [7, 11) is 0. The first-order chi connectivity index (χ1) is 12.5. The van der Waals surface area contributed by atoms with Gasteiger partial charge in [-0.25, -0.2) is 0 Å². The second-order valence-corrected chi connectivity index (χ2v) is 6.59. The van der Waals surface area contributed by atoms with E-state index < -0.39 is 0 Å². The predicted molar refractivity (Wildman–Crippen MR) is 102 cm³/mol. The van der Waals surface area contributed by atoms with E-state index in [1.807, 2.05) is 0 Å². The van der Waals surface area contributed by atoms with Crippen LogP contribution in [0.3, 0.4) is 0 Å². The Bertz CT molecular complexity index is 1200. The zero-order chi connectivity index (χ0) is 18.3. The second kappa shape index (κ2) is 6.56. The highest BCUT2D eigenvalue weighted by Gasteiger charge is 2.13. The van der Waals surface area contributed by atoms with Crippen LogP contribution in [-0.2, 0) is 6.61 Å². The molecule has 1 heterocycles. The Morgan fingerprint density at radius 2 is 1.77 bits per heavy atom.